The summed E-state index contributed by atoms with van der Waals surface area (Å²) in [7, 11) is 1.56. The average molecular weight is 317 g/mol. The molecule has 1 heterocycles. The number of furan rings is 1. The fourth-order valence-electron chi connectivity index (χ4n) is 3.19. The van der Waals surface area contributed by atoms with Crippen LogP contribution in [-0.4, -0.2) is 29.6 Å². The lowest BCUT2D eigenvalue weighted by atomic mass is 9.97. The van der Waals surface area contributed by atoms with Crippen LogP contribution in [0.5, 0.6) is 5.75 Å². The van der Waals surface area contributed by atoms with Crippen LogP contribution in [0.2, 0.25) is 0 Å². The van der Waals surface area contributed by atoms with Crippen LogP contribution >= 0.6 is 0 Å². The number of carboxylic acid groups (broad SMARTS) is 1. The van der Waals surface area contributed by atoms with Gasteiger partial charge in [0.2, 0.25) is 0 Å². The molecule has 0 spiro atoms. The van der Waals surface area contributed by atoms with Gasteiger partial charge in [-0.1, -0.05) is 12.8 Å². The molecular formula is C17H19NO5. The van der Waals surface area contributed by atoms with Gasteiger partial charge >= 0.3 is 5.97 Å². The Kier molecular flexibility index (Phi) is 3.75. The van der Waals surface area contributed by atoms with Crippen molar-refractivity contribution in [3.05, 3.63) is 29.5 Å². The molecule has 122 valence electrons. The topological polar surface area (TPSA) is 88.8 Å². The van der Waals surface area contributed by atoms with Crippen molar-refractivity contribution in [2.75, 3.05) is 7.11 Å². The molecule has 1 aromatic heterocycles. The Hall–Kier alpha value is -2.50. The summed E-state index contributed by atoms with van der Waals surface area (Å²) in [5, 5.41) is 13.0. The minimum Gasteiger partial charge on any atom is -0.497 e. The van der Waals surface area contributed by atoms with E-state index in [0.29, 0.717) is 29.7 Å². The van der Waals surface area contributed by atoms with Gasteiger partial charge in [0.1, 0.15) is 16.9 Å². The maximum absolute atomic E-state index is 12.6. The molecule has 1 saturated carbocycles. The maximum Gasteiger partial charge on any atom is 0.329 e. The first kappa shape index (κ1) is 15.4. The second-order valence-corrected chi connectivity index (χ2v) is 5.97. The van der Waals surface area contributed by atoms with Gasteiger partial charge in [-0.25, -0.2) is 4.79 Å². The second-order valence-electron chi connectivity index (χ2n) is 5.97. The highest BCUT2D eigenvalue weighted by Crippen LogP contribution is 2.32. The molecule has 0 saturated heterocycles. The van der Waals surface area contributed by atoms with Gasteiger partial charge in [-0.05, 0) is 31.9 Å². The quantitative estimate of drug-likeness (QED) is 0.905. The van der Waals surface area contributed by atoms with E-state index in [0.717, 1.165) is 18.2 Å². The van der Waals surface area contributed by atoms with E-state index in [1.807, 2.05) is 6.07 Å². The van der Waals surface area contributed by atoms with Gasteiger partial charge in [0.05, 0.1) is 7.11 Å². The van der Waals surface area contributed by atoms with Crippen molar-refractivity contribution in [3.63, 3.8) is 0 Å². The van der Waals surface area contributed by atoms with Crippen molar-refractivity contribution >= 4 is 22.8 Å². The highest BCUT2D eigenvalue weighted by atomic mass is 16.5. The lowest BCUT2D eigenvalue weighted by Crippen LogP contribution is -2.52. The van der Waals surface area contributed by atoms with E-state index in [-0.39, 0.29) is 5.76 Å². The van der Waals surface area contributed by atoms with E-state index in [2.05, 4.69) is 5.32 Å². The summed E-state index contributed by atoms with van der Waals surface area (Å²) in [4.78, 5) is 24.1. The highest BCUT2D eigenvalue weighted by Gasteiger charge is 2.43. The number of nitrogens with one attached hydrogen (secondary N) is 1. The summed E-state index contributed by atoms with van der Waals surface area (Å²) < 4.78 is 10.8. The number of hydrogen-bond acceptors (Lipinski definition) is 4. The standard InChI is InChI=1S/C17H19NO5/c1-10-12-6-5-11(22-2)9-13(12)23-14(10)15(19)18-17(16(20)21)7-3-4-8-17/h5-6,9H,3-4,7-8H2,1-2H3,(H,18,19)(H,20,21). The molecule has 1 amide bonds. The molecule has 1 aliphatic rings. The van der Waals surface area contributed by atoms with Crippen molar-refractivity contribution in [2.24, 2.45) is 0 Å². The van der Waals surface area contributed by atoms with Crippen LogP contribution in [0.15, 0.2) is 22.6 Å². The molecule has 23 heavy (non-hydrogen) atoms. The molecule has 0 atom stereocenters. The summed E-state index contributed by atoms with van der Waals surface area (Å²) in [6, 6.07) is 5.33. The lowest BCUT2D eigenvalue weighted by molar-refractivity contribution is -0.144. The molecule has 2 aromatic rings. The van der Waals surface area contributed by atoms with Crippen LogP contribution in [0.25, 0.3) is 11.0 Å². The first-order valence-corrected chi connectivity index (χ1v) is 7.60. The maximum atomic E-state index is 12.6. The van der Waals surface area contributed by atoms with Gasteiger partial charge in [0.15, 0.2) is 5.76 Å². The van der Waals surface area contributed by atoms with Crippen molar-refractivity contribution in [2.45, 2.75) is 38.1 Å². The number of rotatable bonds is 4. The van der Waals surface area contributed by atoms with Crippen LogP contribution in [0.3, 0.4) is 0 Å². The summed E-state index contributed by atoms with van der Waals surface area (Å²) in [5.74, 6) is -0.683. The van der Waals surface area contributed by atoms with Crippen molar-refractivity contribution < 1.29 is 23.8 Å². The number of fused-ring (bicyclic) bond motifs is 1. The Morgan fingerprint density at radius 2 is 2.00 bits per heavy atom. The third-order valence-corrected chi connectivity index (χ3v) is 4.57. The fraction of sp³-hybridized carbons (Fsp3) is 0.412. The molecule has 0 unspecified atom stereocenters. The van der Waals surface area contributed by atoms with Gasteiger partial charge in [-0.2, -0.15) is 0 Å². The van der Waals surface area contributed by atoms with Gasteiger partial charge in [-0.15, -0.1) is 0 Å². The zero-order valence-electron chi connectivity index (χ0n) is 13.1. The minimum absolute atomic E-state index is 0.153. The van der Waals surface area contributed by atoms with Crippen molar-refractivity contribution in [1.29, 1.82) is 0 Å². The minimum atomic E-state index is -1.18. The van der Waals surface area contributed by atoms with E-state index in [1.165, 1.54) is 0 Å². The predicted octanol–water partition coefficient (Wildman–Crippen LogP) is 2.88. The SMILES string of the molecule is COc1ccc2c(C)c(C(=O)NC3(C(=O)O)CCCC3)oc2c1. The number of aryl methyl sites for hydroxylation is 1. The number of amides is 1. The van der Waals surface area contributed by atoms with Crippen LogP contribution in [0.4, 0.5) is 0 Å². The monoisotopic (exact) mass is 317 g/mol. The predicted molar refractivity (Wildman–Crippen MR) is 83.8 cm³/mol. The first-order valence-electron chi connectivity index (χ1n) is 7.60. The third kappa shape index (κ3) is 2.54. The van der Waals surface area contributed by atoms with Crippen LogP contribution < -0.4 is 10.1 Å². The number of ether oxygens (including phenoxy) is 1. The first-order chi connectivity index (χ1) is 11.0. The summed E-state index contributed by atoms with van der Waals surface area (Å²) >= 11 is 0. The van der Waals surface area contributed by atoms with Gasteiger partial charge in [0.25, 0.3) is 5.91 Å². The lowest BCUT2D eigenvalue weighted by Gasteiger charge is -2.24. The van der Waals surface area contributed by atoms with Gasteiger partial charge < -0.3 is 19.6 Å². The van der Waals surface area contributed by atoms with Gasteiger partial charge in [-0.3, -0.25) is 4.79 Å². The summed E-state index contributed by atoms with van der Waals surface area (Å²) in [6.45, 7) is 1.79. The molecule has 6 nitrogen and oxygen atoms in total. The smallest absolute Gasteiger partial charge is 0.329 e. The largest absolute Gasteiger partial charge is 0.497 e. The second kappa shape index (κ2) is 5.61. The number of carbonyl (C=O) groups excluding carboxylic acids is 1. The fourth-order valence-corrected chi connectivity index (χ4v) is 3.19. The summed E-state index contributed by atoms with van der Waals surface area (Å²) in [5.41, 5.74) is 0.0571. The van der Waals surface area contributed by atoms with E-state index >= 15 is 0 Å². The van der Waals surface area contributed by atoms with Crippen LogP contribution in [0.1, 0.15) is 41.8 Å². The van der Waals surface area contributed by atoms with E-state index in [9.17, 15) is 14.7 Å². The number of aliphatic carboxylic acids is 1. The van der Waals surface area contributed by atoms with Gasteiger partial charge in [0, 0.05) is 17.0 Å². The highest BCUT2D eigenvalue weighted by molar-refractivity contribution is 6.01. The van der Waals surface area contributed by atoms with E-state index in [4.69, 9.17) is 9.15 Å². The molecular weight excluding hydrogens is 298 g/mol. The Morgan fingerprint density at radius 1 is 1.30 bits per heavy atom. The number of carbonyl (C=O) groups is 2. The number of methoxy groups -OCH3 is 1. The zero-order chi connectivity index (χ0) is 16.6. The molecule has 6 heteroatoms. The number of carboxylic acids is 1. The molecule has 0 radical (unpaired) electrons. The Labute approximate surface area is 133 Å². The molecule has 3 rings (SSSR count). The Bertz CT molecular complexity index is 771. The van der Waals surface area contributed by atoms with Crippen molar-refractivity contribution in [1.82, 2.24) is 5.32 Å². The Balaban J connectivity index is 1.94. The van der Waals surface area contributed by atoms with Crippen LogP contribution in [-0.2, 0) is 4.79 Å². The van der Waals surface area contributed by atoms with Crippen LogP contribution in [0, 0.1) is 6.92 Å². The normalized spacial score (nSPS) is 16.4. The molecule has 1 fully saturated rings. The molecule has 1 aliphatic carbocycles. The van der Waals surface area contributed by atoms with E-state index in [1.54, 1.807) is 26.2 Å². The van der Waals surface area contributed by atoms with E-state index < -0.39 is 17.4 Å². The van der Waals surface area contributed by atoms with Crippen molar-refractivity contribution in [3.8, 4) is 5.75 Å². The molecule has 1 aromatic carbocycles. The zero-order valence-corrected chi connectivity index (χ0v) is 13.1. The number of benzene rings is 1. The number of hydrogen-bond donors (Lipinski definition) is 2. The molecule has 0 bridgehead atoms. The third-order valence-electron chi connectivity index (χ3n) is 4.57. The molecule has 0 aliphatic heterocycles. The Morgan fingerprint density at radius 3 is 2.61 bits per heavy atom. The summed E-state index contributed by atoms with van der Waals surface area (Å²) in [6.07, 6.45) is 2.48. The molecule has 2 N–H and O–H groups in total. The average Bonchev–Trinajstić information content (AvgIpc) is 3.13.